The Labute approximate surface area is 207 Å². The Balaban J connectivity index is 1.51. The smallest absolute Gasteiger partial charge is 0.248 e. The molecule has 1 aromatic heterocycles. The van der Waals surface area contributed by atoms with Crippen molar-refractivity contribution in [3.63, 3.8) is 0 Å². The molecule has 1 N–H and O–H groups in total. The van der Waals surface area contributed by atoms with E-state index in [2.05, 4.69) is 34.6 Å². The molecule has 4 aromatic rings. The minimum Gasteiger partial charge on any atom is -0.321 e. The number of unbranched alkanes of at least 4 members (excludes halogenated alkanes) is 1. The number of nitrogens with zero attached hydrogens (tertiary/aromatic N) is 3. The second-order valence-corrected chi connectivity index (χ2v) is 8.82. The quantitative estimate of drug-likeness (QED) is 0.270. The van der Waals surface area contributed by atoms with Gasteiger partial charge < -0.3 is 5.32 Å². The van der Waals surface area contributed by atoms with Crippen molar-refractivity contribution in [3.8, 4) is 5.69 Å². The van der Waals surface area contributed by atoms with E-state index in [4.69, 9.17) is 34.8 Å². The van der Waals surface area contributed by atoms with Crippen LogP contribution in [-0.4, -0.2) is 20.9 Å². The lowest BCUT2D eigenvalue weighted by Crippen LogP contribution is -2.08. The lowest BCUT2D eigenvalue weighted by molar-refractivity contribution is -0.111. The first kappa shape index (κ1) is 23.3. The first-order valence-electron chi connectivity index (χ1n) is 10.5. The van der Waals surface area contributed by atoms with Gasteiger partial charge in [0.15, 0.2) is 0 Å². The molecule has 33 heavy (non-hydrogen) atoms. The third-order valence-corrected chi connectivity index (χ3v) is 5.97. The van der Waals surface area contributed by atoms with Gasteiger partial charge in [0.25, 0.3) is 0 Å². The molecule has 0 fully saturated rings. The van der Waals surface area contributed by atoms with Crippen LogP contribution >= 0.6 is 34.8 Å². The van der Waals surface area contributed by atoms with E-state index >= 15 is 0 Å². The highest BCUT2D eigenvalue weighted by Crippen LogP contribution is 2.27. The molecule has 5 nitrogen and oxygen atoms in total. The number of nitrogens with one attached hydrogen (secondary N) is 1. The topological polar surface area (TPSA) is 59.8 Å². The molecule has 0 aliphatic heterocycles. The summed E-state index contributed by atoms with van der Waals surface area (Å²) in [4.78, 5) is 14.0. The maximum Gasteiger partial charge on any atom is 0.248 e. The summed E-state index contributed by atoms with van der Waals surface area (Å²) in [6, 6.07) is 16.6. The van der Waals surface area contributed by atoms with Crippen LogP contribution in [0.3, 0.4) is 0 Å². The molecule has 168 valence electrons. The van der Waals surface area contributed by atoms with Crippen LogP contribution in [-0.2, 0) is 11.2 Å². The monoisotopic (exact) mass is 498 g/mol. The molecule has 0 radical (unpaired) electrons. The summed E-state index contributed by atoms with van der Waals surface area (Å²) in [5, 5.41) is 13.2. The predicted molar refractivity (Wildman–Crippen MR) is 137 cm³/mol. The lowest BCUT2D eigenvalue weighted by Gasteiger charge is -2.04. The van der Waals surface area contributed by atoms with E-state index in [0.717, 1.165) is 24.9 Å². The molecule has 4 rings (SSSR count). The molecule has 0 atom stereocenters. The van der Waals surface area contributed by atoms with Crippen molar-refractivity contribution >= 4 is 63.5 Å². The number of rotatable bonds is 7. The minimum absolute atomic E-state index is 0.350. The Morgan fingerprint density at radius 2 is 1.70 bits per heavy atom. The average molecular weight is 500 g/mol. The van der Waals surface area contributed by atoms with Gasteiger partial charge in [0.2, 0.25) is 5.91 Å². The molecule has 0 saturated heterocycles. The molecule has 3 aromatic carbocycles. The fraction of sp³-hybridized carbons (Fsp3) is 0.160. The maximum absolute atomic E-state index is 12.4. The minimum atomic E-state index is -0.350. The fourth-order valence-corrected chi connectivity index (χ4v) is 3.98. The van der Waals surface area contributed by atoms with Crippen molar-refractivity contribution in [2.24, 2.45) is 0 Å². The van der Waals surface area contributed by atoms with Crippen LogP contribution in [0.15, 0.2) is 60.7 Å². The van der Waals surface area contributed by atoms with Crippen molar-refractivity contribution in [3.05, 3.63) is 86.9 Å². The summed E-state index contributed by atoms with van der Waals surface area (Å²) in [7, 11) is 0. The first-order chi connectivity index (χ1) is 15.9. The lowest BCUT2D eigenvalue weighted by atomic mass is 10.1. The van der Waals surface area contributed by atoms with Crippen LogP contribution in [0.4, 0.5) is 5.69 Å². The van der Waals surface area contributed by atoms with Gasteiger partial charge in [-0.1, -0.05) is 66.3 Å². The Bertz CT molecular complexity index is 1330. The third-order valence-electron chi connectivity index (χ3n) is 5.09. The van der Waals surface area contributed by atoms with Gasteiger partial charge in [-0.05, 0) is 66.4 Å². The molecular formula is C25H21Cl3N4O. The summed E-state index contributed by atoms with van der Waals surface area (Å²) in [6.07, 6.45) is 6.38. The van der Waals surface area contributed by atoms with Gasteiger partial charge in [-0.25, -0.2) is 0 Å². The zero-order chi connectivity index (χ0) is 23.4. The molecular weight excluding hydrogens is 479 g/mol. The number of hydrogen-bond donors (Lipinski definition) is 1. The number of fused-ring (bicyclic) bond motifs is 1. The first-order valence-corrected chi connectivity index (χ1v) is 11.7. The predicted octanol–water partition coefficient (Wildman–Crippen LogP) is 7.38. The van der Waals surface area contributed by atoms with E-state index in [-0.39, 0.29) is 5.91 Å². The summed E-state index contributed by atoms with van der Waals surface area (Å²) >= 11 is 18.4. The Morgan fingerprint density at radius 1 is 0.970 bits per heavy atom. The molecule has 0 unspecified atom stereocenters. The number of hydrogen-bond acceptors (Lipinski definition) is 3. The Kier molecular flexibility index (Phi) is 7.33. The number of anilines is 1. The van der Waals surface area contributed by atoms with E-state index < -0.39 is 0 Å². The largest absolute Gasteiger partial charge is 0.321 e. The number of carbonyl (C=O) groups is 1. The second-order valence-electron chi connectivity index (χ2n) is 7.57. The van der Waals surface area contributed by atoms with Gasteiger partial charge in [-0.15, -0.1) is 10.2 Å². The van der Waals surface area contributed by atoms with Crippen LogP contribution in [0.25, 0.3) is 22.8 Å². The van der Waals surface area contributed by atoms with Crippen molar-refractivity contribution in [1.29, 1.82) is 0 Å². The molecule has 0 spiro atoms. The second kappa shape index (κ2) is 10.4. The van der Waals surface area contributed by atoms with E-state index in [9.17, 15) is 4.79 Å². The highest BCUT2D eigenvalue weighted by molar-refractivity contribution is 6.36. The standard InChI is InChI=1S/C25H21Cl3N4O/c1-2-3-4-16-5-10-19(11-6-16)32-30-23-14-21(28)22(15-24(23)31-32)29-25(33)12-8-17-7-9-18(26)13-20(17)27/h5-15H,2-4H2,1H3,(H,29,33)/b12-8+. The van der Waals surface area contributed by atoms with Gasteiger partial charge in [0.1, 0.15) is 11.0 Å². The summed E-state index contributed by atoms with van der Waals surface area (Å²) in [5.74, 6) is -0.350. The number of aromatic nitrogens is 3. The van der Waals surface area contributed by atoms with Crippen LogP contribution in [0.1, 0.15) is 30.9 Å². The highest BCUT2D eigenvalue weighted by atomic mass is 35.5. The number of benzene rings is 3. The van der Waals surface area contributed by atoms with Gasteiger partial charge in [0, 0.05) is 16.1 Å². The van der Waals surface area contributed by atoms with Crippen molar-refractivity contribution in [1.82, 2.24) is 15.0 Å². The molecule has 8 heteroatoms. The molecule has 0 saturated carbocycles. The van der Waals surface area contributed by atoms with Crippen LogP contribution in [0, 0.1) is 0 Å². The van der Waals surface area contributed by atoms with E-state index in [1.54, 1.807) is 41.2 Å². The van der Waals surface area contributed by atoms with Gasteiger partial charge in [-0.3, -0.25) is 4.79 Å². The number of amides is 1. The number of carbonyl (C=O) groups excluding carboxylic acids is 1. The molecule has 1 amide bonds. The summed E-state index contributed by atoms with van der Waals surface area (Å²) in [5.41, 5.74) is 4.53. The van der Waals surface area contributed by atoms with Gasteiger partial charge >= 0.3 is 0 Å². The van der Waals surface area contributed by atoms with Gasteiger partial charge in [-0.2, -0.15) is 4.80 Å². The van der Waals surface area contributed by atoms with E-state index in [1.807, 2.05) is 12.1 Å². The third kappa shape index (κ3) is 5.74. The van der Waals surface area contributed by atoms with Crippen molar-refractivity contribution < 1.29 is 4.79 Å². The van der Waals surface area contributed by atoms with Crippen LogP contribution < -0.4 is 5.32 Å². The normalized spacial score (nSPS) is 11.4. The number of aryl methyl sites for hydroxylation is 1. The zero-order valence-corrected chi connectivity index (χ0v) is 20.1. The number of halogens is 3. The SMILES string of the molecule is CCCCc1ccc(-n2nc3cc(Cl)c(NC(=O)/C=C/c4ccc(Cl)cc4Cl)cc3n2)cc1. The molecule has 0 aliphatic rings. The Morgan fingerprint density at radius 3 is 2.39 bits per heavy atom. The van der Waals surface area contributed by atoms with Gasteiger partial charge in [0.05, 0.1) is 16.4 Å². The summed E-state index contributed by atoms with van der Waals surface area (Å²) < 4.78 is 0. The zero-order valence-electron chi connectivity index (χ0n) is 17.9. The Hall–Kier alpha value is -2.86. The maximum atomic E-state index is 12.4. The molecule has 0 bridgehead atoms. The van der Waals surface area contributed by atoms with Crippen LogP contribution in [0.5, 0.6) is 0 Å². The molecule has 0 aliphatic carbocycles. The summed E-state index contributed by atoms with van der Waals surface area (Å²) in [6.45, 7) is 2.18. The van der Waals surface area contributed by atoms with E-state index in [0.29, 0.717) is 37.4 Å². The van der Waals surface area contributed by atoms with Crippen LogP contribution in [0.2, 0.25) is 15.1 Å². The fourth-order valence-electron chi connectivity index (χ4n) is 3.30. The van der Waals surface area contributed by atoms with E-state index in [1.165, 1.54) is 11.6 Å². The molecule has 1 heterocycles. The van der Waals surface area contributed by atoms with Crippen molar-refractivity contribution in [2.75, 3.05) is 5.32 Å². The highest BCUT2D eigenvalue weighted by Gasteiger charge is 2.11. The average Bonchev–Trinajstić information content (AvgIpc) is 3.20. The van der Waals surface area contributed by atoms with Crippen molar-refractivity contribution in [2.45, 2.75) is 26.2 Å².